The molecule has 0 radical (unpaired) electrons. The Bertz CT molecular complexity index is 10300. The lowest BCUT2D eigenvalue weighted by atomic mass is 10.0. The molecule has 30 aromatic rings. The van der Waals surface area contributed by atoms with Gasteiger partial charge in [-0.05, 0) is 275 Å². The highest BCUT2D eigenvalue weighted by Crippen LogP contribution is 2.45. The van der Waals surface area contributed by atoms with Crippen LogP contribution in [0.1, 0.15) is 0 Å². The molecule has 0 N–H and O–H groups in total. The second kappa shape index (κ2) is 36.1. The molecule has 0 spiro atoms. The van der Waals surface area contributed by atoms with E-state index in [1.54, 1.807) is 12.4 Å². The van der Waals surface area contributed by atoms with Crippen molar-refractivity contribution in [3.63, 3.8) is 0 Å². The van der Waals surface area contributed by atoms with Crippen molar-refractivity contribution in [2.75, 3.05) is 0 Å². The molecular weight excluding hydrogens is 1810 g/mol. The molecule has 148 heavy (non-hydrogen) atoms. The van der Waals surface area contributed by atoms with Crippen LogP contribution in [0.15, 0.2) is 522 Å². The van der Waals surface area contributed by atoms with Gasteiger partial charge >= 0.3 is 0 Å². The molecule has 0 saturated heterocycles. The first kappa shape index (κ1) is 85.7. The van der Waals surface area contributed by atoms with Crippen LogP contribution in [0.4, 0.5) is 0 Å². The molecule has 13 aromatic heterocycles. The molecule has 14 nitrogen and oxygen atoms in total. The molecule has 0 fully saturated rings. The lowest BCUT2D eigenvalue weighted by molar-refractivity contribution is 1.13. The SMILES string of the molecule is c1ccc(-c2nc(-c3ccc(-n4c5ccc(-c6ccc7c8ccccc8n(-c8ccccc8)c7c6)cc5c5cccnc54)cc3)nc3ccccc23)cc1.c1ccc(-n2c3ccc(-c4ccc5c6ccccc6n(-c6ccccc6)c5c4)cc3c3ccncc32)cc1.c1ccc(-n2c3ccccc3c3ccc(-c4ccc5c(c4)c4cccnc4n5-c4ccc(-c5cc(-c6ccccn6)nc(-c6ccccn6)c5)cc4)cc32)cc1. The van der Waals surface area contributed by atoms with Gasteiger partial charge < -0.3 is 18.3 Å². The van der Waals surface area contributed by atoms with E-state index in [2.05, 4.69) is 449 Å². The van der Waals surface area contributed by atoms with Crippen molar-refractivity contribution in [3.8, 4) is 124 Å². The second-order valence-electron chi connectivity index (χ2n) is 37.4. The monoisotopic (exact) mass is 1890 g/mol. The molecule has 0 aliphatic rings. The summed E-state index contributed by atoms with van der Waals surface area (Å²) in [5.74, 6) is 0.701. The molecule has 30 rings (SSSR count). The quantitative estimate of drug-likeness (QED) is 0.105. The minimum absolute atomic E-state index is 0.701. The first-order valence-electron chi connectivity index (χ1n) is 49.8. The summed E-state index contributed by atoms with van der Waals surface area (Å²) in [6.07, 6.45) is 11.2. The van der Waals surface area contributed by atoms with E-state index < -0.39 is 0 Å². The number of fused-ring (bicyclic) bond motifs is 19. The topological polar surface area (TPSA) is 133 Å². The van der Waals surface area contributed by atoms with Gasteiger partial charge in [0, 0.05) is 146 Å². The largest absolute Gasteiger partial charge is 0.309 e. The Morgan fingerprint density at radius 1 is 0.149 bits per heavy atom. The maximum absolute atomic E-state index is 5.09. The lowest BCUT2D eigenvalue weighted by Crippen LogP contribution is -1.97. The molecule has 0 amide bonds. The third-order valence-electron chi connectivity index (χ3n) is 28.9. The number of para-hydroxylation sites is 8. The van der Waals surface area contributed by atoms with Crippen molar-refractivity contribution in [2.45, 2.75) is 0 Å². The molecule has 0 unspecified atom stereocenters. The number of rotatable bonds is 14. The Hall–Kier alpha value is -20.2. The zero-order valence-corrected chi connectivity index (χ0v) is 79.9. The zero-order valence-electron chi connectivity index (χ0n) is 79.9. The Kier molecular flexibility index (Phi) is 20.9. The fourth-order valence-corrected chi connectivity index (χ4v) is 22.1. The fraction of sp³-hybridized carbons (Fsp3) is 0. The molecule has 13 heterocycles. The first-order chi connectivity index (χ1) is 73.4. The number of aromatic nitrogens is 14. The molecule has 14 heteroatoms. The van der Waals surface area contributed by atoms with Gasteiger partial charge in [-0.1, -0.05) is 255 Å². The van der Waals surface area contributed by atoms with E-state index in [1.165, 1.54) is 110 Å². The third-order valence-corrected chi connectivity index (χ3v) is 28.9. The van der Waals surface area contributed by atoms with Crippen molar-refractivity contribution in [3.05, 3.63) is 522 Å². The van der Waals surface area contributed by atoms with Crippen molar-refractivity contribution in [1.29, 1.82) is 0 Å². The van der Waals surface area contributed by atoms with Crippen LogP contribution in [0.2, 0.25) is 0 Å². The summed E-state index contributed by atoms with van der Waals surface area (Å²) < 4.78 is 13.9. The van der Waals surface area contributed by atoms with Crippen LogP contribution in [-0.4, -0.2) is 67.3 Å². The van der Waals surface area contributed by atoms with E-state index in [9.17, 15) is 0 Å². The van der Waals surface area contributed by atoms with Crippen molar-refractivity contribution in [1.82, 2.24) is 67.3 Å². The van der Waals surface area contributed by atoms with Gasteiger partial charge in [-0.3, -0.25) is 24.1 Å². The van der Waals surface area contributed by atoms with Gasteiger partial charge in [0.15, 0.2) is 5.82 Å². The number of nitrogens with zero attached hydrogens (tertiary/aromatic N) is 14. The van der Waals surface area contributed by atoms with E-state index in [0.29, 0.717) is 5.82 Å². The Morgan fingerprint density at radius 2 is 0.473 bits per heavy atom. The Morgan fingerprint density at radius 3 is 0.912 bits per heavy atom. The molecule has 0 aliphatic heterocycles. The van der Waals surface area contributed by atoms with Gasteiger partial charge in [-0.25, -0.2) is 24.9 Å². The lowest BCUT2D eigenvalue weighted by Gasteiger charge is -2.11. The van der Waals surface area contributed by atoms with Crippen molar-refractivity contribution < 1.29 is 0 Å². The molecule has 17 aromatic carbocycles. The molecule has 0 atom stereocenters. The minimum Gasteiger partial charge on any atom is -0.309 e. The summed E-state index contributed by atoms with van der Waals surface area (Å²) >= 11 is 0. The Balaban J connectivity index is 0.000000109. The molecule has 0 bridgehead atoms. The average molecular weight is 1890 g/mol. The van der Waals surface area contributed by atoms with Crippen LogP contribution in [0, 0.1) is 0 Å². The van der Waals surface area contributed by atoms with Crippen LogP contribution in [-0.2, 0) is 0 Å². The van der Waals surface area contributed by atoms with Gasteiger partial charge in [0.2, 0.25) is 0 Å². The van der Waals surface area contributed by atoms with Crippen molar-refractivity contribution >= 4 is 142 Å². The Labute approximate surface area is 849 Å². The second-order valence-corrected chi connectivity index (χ2v) is 37.4. The number of hydrogen-bond donors (Lipinski definition) is 0. The van der Waals surface area contributed by atoms with Gasteiger partial charge in [-0.15, -0.1) is 0 Å². The predicted molar refractivity (Wildman–Crippen MR) is 609 cm³/mol. The van der Waals surface area contributed by atoms with Gasteiger partial charge in [0.05, 0.1) is 95.4 Å². The first-order valence-corrected chi connectivity index (χ1v) is 49.8. The number of hydrogen-bond acceptors (Lipinski definition) is 8. The van der Waals surface area contributed by atoms with Crippen LogP contribution in [0.5, 0.6) is 0 Å². The van der Waals surface area contributed by atoms with Crippen LogP contribution in [0.25, 0.3) is 266 Å². The predicted octanol–water partition coefficient (Wildman–Crippen LogP) is 33.3. The maximum Gasteiger partial charge on any atom is 0.160 e. The van der Waals surface area contributed by atoms with E-state index >= 15 is 0 Å². The van der Waals surface area contributed by atoms with Crippen molar-refractivity contribution in [2.24, 2.45) is 0 Å². The highest BCUT2D eigenvalue weighted by molar-refractivity contribution is 6.17. The smallest absolute Gasteiger partial charge is 0.160 e. The van der Waals surface area contributed by atoms with E-state index in [0.717, 1.165) is 151 Å². The summed E-state index contributed by atoms with van der Waals surface area (Å²) in [6.45, 7) is 0. The summed E-state index contributed by atoms with van der Waals surface area (Å²) in [5.41, 5.74) is 36.6. The fourth-order valence-electron chi connectivity index (χ4n) is 22.1. The molecular formula is C134H86N14. The van der Waals surface area contributed by atoms with Crippen LogP contribution < -0.4 is 0 Å². The highest BCUT2D eigenvalue weighted by Gasteiger charge is 2.25. The highest BCUT2D eigenvalue weighted by atomic mass is 15.1. The molecule has 692 valence electrons. The summed E-state index contributed by atoms with van der Waals surface area (Å²) in [7, 11) is 0. The average Bonchev–Trinajstić information content (AvgIpc) is 1.56. The minimum atomic E-state index is 0.701. The van der Waals surface area contributed by atoms with Gasteiger partial charge in [0.1, 0.15) is 11.3 Å². The summed E-state index contributed by atoms with van der Waals surface area (Å²) in [5, 5.41) is 15.5. The summed E-state index contributed by atoms with van der Waals surface area (Å²) in [4.78, 5) is 38.5. The number of pyridine rings is 6. The third kappa shape index (κ3) is 14.9. The van der Waals surface area contributed by atoms with Crippen LogP contribution in [0.3, 0.4) is 0 Å². The van der Waals surface area contributed by atoms with E-state index in [4.69, 9.17) is 24.9 Å². The molecule has 0 saturated carbocycles. The van der Waals surface area contributed by atoms with Gasteiger partial charge in [0.25, 0.3) is 0 Å². The van der Waals surface area contributed by atoms with E-state index in [1.807, 2.05) is 104 Å². The summed E-state index contributed by atoms with van der Waals surface area (Å²) in [6, 6.07) is 172. The zero-order chi connectivity index (χ0) is 97.6. The normalized spacial score (nSPS) is 11.6. The maximum atomic E-state index is 5.09. The standard InChI is InChI=1S/C50H32N6.C49H31N5.C35H23N3/c1-2-11-37(12-3-1)55-47-17-5-4-13-39(47)40-24-20-35(32-49(40)55)34-21-25-48-42(29-34)41-14-10-28-53-50(41)56(48)38-22-18-33(19-23-38)36-30-45(43-15-6-8-26-51-43)54-46(31-36)44-16-7-9-27-52-44;1-3-12-32(13-4-1)47-41-17-7-9-19-43(41)51-48(52-47)33-21-25-37(26-22-33)54-45-28-24-34(30-42(45)40-18-11-29-50-49(40)54)35-23-27-39-38-16-8-10-20-44(38)53(46(39)31-35)36-14-5-2-6-15-36;1-3-9-26(10-4-1)37-32-14-8-7-13-28(32)29-17-15-25(22-34(29)37)24-16-18-33-31(21-24)30-19-20-36-23-35(30)38(33)27-11-5-2-6-12-27/h1-32H;1-31H;1-23H. The number of benzene rings is 17. The molecule has 0 aliphatic carbocycles. The van der Waals surface area contributed by atoms with E-state index in [-0.39, 0.29) is 0 Å². The van der Waals surface area contributed by atoms with Crippen LogP contribution >= 0.6 is 0 Å². The van der Waals surface area contributed by atoms with Gasteiger partial charge in [-0.2, -0.15) is 0 Å².